The number of aromatic nitrogens is 4. The maximum absolute atomic E-state index is 4.96. The standard InChI is InChI=1S/C39H36N4.C9H10/c1-5-35(30-12-8-6-9-13-30)27(3)29-17-21-33(22-18-29)38-41-37(32-14-10-7-11-15-32)42-39(43-38)34-23-19-31(20-24-34)36-25-16-26(2)40-28(36)4;1-2-6-9-7-4-3-5-8-9/h5,8,10,12-25H,3,6-7,9,11H2,1-2,4H3;2-5,7-8H,1,6H2/b35-5+;. The molecule has 2 aromatic heterocycles. The zero-order chi connectivity index (χ0) is 36.3. The Kier molecular flexibility index (Phi) is 11.9. The lowest BCUT2D eigenvalue weighted by atomic mass is 9.90. The average molecular weight is 679 g/mol. The summed E-state index contributed by atoms with van der Waals surface area (Å²) in [6.07, 6.45) is 22.4. The number of allylic oxidation sites excluding steroid dienone is 12. The summed E-state index contributed by atoms with van der Waals surface area (Å²) in [7, 11) is 0. The fraction of sp³-hybridized carbons (Fsp3) is 0.167. The highest BCUT2D eigenvalue weighted by molar-refractivity contribution is 5.84. The first-order valence-corrected chi connectivity index (χ1v) is 18.1. The molecule has 2 aliphatic rings. The normalized spacial score (nSPS) is 13.8. The lowest BCUT2D eigenvalue weighted by Gasteiger charge is -2.15. The van der Waals surface area contributed by atoms with Crippen LogP contribution in [0, 0.1) is 13.8 Å². The minimum Gasteiger partial charge on any atom is -0.258 e. The molecule has 0 aliphatic heterocycles. The quantitative estimate of drug-likeness (QED) is 0.115. The lowest BCUT2D eigenvalue weighted by molar-refractivity contribution is 1.01. The molecular weight excluding hydrogens is 633 g/mol. The third kappa shape index (κ3) is 8.83. The predicted octanol–water partition coefficient (Wildman–Crippen LogP) is 12.3. The van der Waals surface area contributed by atoms with Crippen LogP contribution in [0.25, 0.3) is 45.0 Å². The number of hydrogen-bond acceptors (Lipinski definition) is 4. The van der Waals surface area contributed by atoms with Crippen LogP contribution in [0.2, 0.25) is 0 Å². The smallest absolute Gasteiger partial charge is 0.164 e. The Hall–Kier alpha value is -6.00. The minimum atomic E-state index is 0.656. The number of nitrogens with zero attached hydrogens (tertiary/aromatic N) is 4. The number of hydrogen-bond donors (Lipinski definition) is 0. The third-order valence-electron chi connectivity index (χ3n) is 9.20. The Morgan fingerprint density at radius 1 is 0.654 bits per heavy atom. The predicted molar refractivity (Wildman–Crippen MR) is 219 cm³/mol. The molecule has 3 aromatic carbocycles. The van der Waals surface area contributed by atoms with E-state index in [2.05, 4.69) is 147 Å². The van der Waals surface area contributed by atoms with Gasteiger partial charge in [-0.2, -0.15) is 0 Å². The maximum Gasteiger partial charge on any atom is 0.164 e. The Morgan fingerprint density at radius 3 is 1.85 bits per heavy atom. The number of aryl methyl sites for hydroxylation is 2. The Balaban J connectivity index is 0.000000451. The topological polar surface area (TPSA) is 51.6 Å². The van der Waals surface area contributed by atoms with Crippen molar-refractivity contribution < 1.29 is 0 Å². The van der Waals surface area contributed by atoms with Crippen molar-refractivity contribution in [2.45, 2.75) is 52.9 Å². The van der Waals surface area contributed by atoms with Crippen LogP contribution in [0.5, 0.6) is 0 Å². The number of rotatable bonds is 9. The van der Waals surface area contributed by atoms with E-state index in [1.807, 2.05) is 31.2 Å². The summed E-state index contributed by atoms with van der Waals surface area (Å²) in [5.41, 5.74) is 13.1. The summed E-state index contributed by atoms with van der Waals surface area (Å²) in [6.45, 7) is 14.2. The minimum absolute atomic E-state index is 0.656. The summed E-state index contributed by atoms with van der Waals surface area (Å²) >= 11 is 0. The highest BCUT2D eigenvalue weighted by Gasteiger charge is 2.15. The van der Waals surface area contributed by atoms with E-state index in [0.717, 1.165) is 82.5 Å². The van der Waals surface area contributed by atoms with Crippen molar-refractivity contribution in [3.8, 4) is 33.9 Å². The van der Waals surface area contributed by atoms with Gasteiger partial charge in [-0.05, 0) is 92.4 Å². The van der Waals surface area contributed by atoms with E-state index >= 15 is 0 Å². The Labute approximate surface area is 309 Å². The van der Waals surface area contributed by atoms with E-state index in [9.17, 15) is 0 Å². The highest BCUT2D eigenvalue weighted by atomic mass is 15.0. The largest absolute Gasteiger partial charge is 0.258 e. The molecule has 5 aromatic rings. The Bertz CT molecular complexity index is 2200. The van der Waals surface area contributed by atoms with Crippen molar-refractivity contribution in [2.75, 3.05) is 0 Å². The monoisotopic (exact) mass is 678 g/mol. The van der Waals surface area contributed by atoms with E-state index < -0.39 is 0 Å². The highest BCUT2D eigenvalue weighted by Crippen LogP contribution is 2.32. The summed E-state index contributed by atoms with van der Waals surface area (Å²) in [5, 5.41) is 0. The second-order valence-electron chi connectivity index (χ2n) is 13.0. The van der Waals surface area contributed by atoms with Crippen LogP contribution < -0.4 is 0 Å². The molecule has 2 heterocycles. The summed E-state index contributed by atoms with van der Waals surface area (Å²) in [4.78, 5) is 19.5. The van der Waals surface area contributed by atoms with E-state index in [0.29, 0.717) is 17.5 Å². The van der Waals surface area contributed by atoms with Crippen LogP contribution in [0.3, 0.4) is 0 Å². The molecule has 52 heavy (non-hydrogen) atoms. The van der Waals surface area contributed by atoms with Crippen LogP contribution in [0.15, 0.2) is 164 Å². The van der Waals surface area contributed by atoms with Crippen LogP contribution in [0.1, 0.15) is 60.9 Å². The first kappa shape index (κ1) is 35.8. The molecule has 0 atom stereocenters. The zero-order valence-electron chi connectivity index (χ0n) is 30.5. The summed E-state index contributed by atoms with van der Waals surface area (Å²) in [6, 6.07) is 31.3. The SMILES string of the molecule is C=C(/C(=C\C)C1=CCCC=C1)c1ccc(-c2nc(C3=CCCC=C3)nc(-c3ccc(-c4ccc(C)nc4C)cc3)n2)cc1.C=CCc1ccccc1. The van der Waals surface area contributed by atoms with Gasteiger partial charge in [-0.3, -0.25) is 4.98 Å². The van der Waals surface area contributed by atoms with Gasteiger partial charge in [0.15, 0.2) is 17.5 Å². The molecule has 0 amide bonds. The molecule has 4 heteroatoms. The van der Waals surface area contributed by atoms with Crippen molar-refractivity contribution in [2.24, 2.45) is 0 Å². The van der Waals surface area contributed by atoms with Gasteiger partial charge in [-0.25, -0.2) is 15.0 Å². The molecule has 0 N–H and O–H groups in total. The summed E-state index contributed by atoms with van der Waals surface area (Å²) < 4.78 is 0. The van der Waals surface area contributed by atoms with E-state index in [-0.39, 0.29) is 0 Å². The fourth-order valence-corrected chi connectivity index (χ4v) is 6.42. The zero-order valence-corrected chi connectivity index (χ0v) is 30.5. The maximum atomic E-state index is 4.96. The second kappa shape index (κ2) is 17.3. The first-order valence-electron chi connectivity index (χ1n) is 18.1. The van der Waals surface area contributed by atoms with Gasteiger partial charge in [0.25, 0.3) is 0 Å². The second-order valence-corrected chi connectivity index (χ2v) is 13.0. The van der Waals surface area contributed by atoms with E-state index in [4.69, 9.17) is 15.0 Å². The molecule has 7 rings (SSSR count). The van der Waals surface area contributed by atoms with Crippen LogP contribution in [0.4, 0.5) is 0 Å². The summed E-state index contributed by atoms with van der Waals surface area (Å²) in [5.74, 6) is 2.01. The van der Waals surface area contributed by atoms with Crippen molar-refractivity contribution in [1.82, 2.24) is 19.9 Å². The average Bonchev–Trinajstić information content (AvgIpc) is 3.20. The van der Waals surface area contributed by atoms with Gasteiger partial charge in [0.05, 0.1) is 0 Å². The van der Waals surface area contributed by atoms with E-state index in [1.54, 1.807) is 0 Å². The van der Waals surface area contributed by atoms with Gasteiger partial charge in [0.1, 0.15) is 0 Å². The van der Waals surface area contributed by atoms with Gasteiger partial charge in [0.2, 0.25) is 0 Å². The molecule has 0 radical (unpaired) electrons. The van der Waals surface area contributed by atoms with Gasteiger partial charge in [0, 0.05) is 33.7 Å². The van der Waals surface area contributed by atoms with Gasteiger partial charge in [-0.15, -0.1) is 6.58 Å². The van der Waals surface area contributed by atoms with E-state index in [1.165, 1.54) is 16.7 Å². The van der Waals surface area contributed by atoms with Gasteiger partial charge < -0.3 is 0 Å². The lowest BCUT2D eigenvalue weighted by Crippen LogP contribution is -2.03. The molecule has 0 spiro atoms. The molecule has 258 valence electrons. The van der Waals surface area contributed by atoms with Crippen LogP contribution in [-0.2, 0) is 6.42 Å². The van der Waals surface area contributed by atoms with Crippen molar-refractivity contribution in [3.63, 3.8) is 0 Å². The molecule has 0 bridgehead atoms. The molecule has 0 unspecified atom stereocenters. The third-order valence-corrected chi connectivity index (χ3v) is 9.20. The molecule has 0 fully saturated rings. The van der Waals surface area contributed by atoms with Gasteiger partial charge in [-0.1, -0.05) is 140 Å². The number of benzene rings is 3. The van der Waals surface area contributed by atoms with Crippen LogP contribution in [-0.4, -0.2) is 19.9 Å². The fourth-order valence-electron chi connectivity index (χ4n) is 6.42. The van der Waals surface area contributed by atoms with Crippen molar-refractivity contribution in [3.05, 3.63) is 192 Å². The molecule has 0 saturated carbocycles. The molecule has 0 saturated heterocycles. The Morgan fingerprint density at radius 2 is 1.27 bits per heavy atom. The molecular formula is C48H46N4. The first-order chi connectivity index (χ1) is 25.4. The number of pyridine rings is 1. The van der Waals surface area contributed by atoms with Gasteiger partial charge >= 0.3 is 0 Å². The molecule has 4 nitrogen and oxygen atoms in total. The molecule has 2 aliphatic carbocycles. The van der Waals surface area contributed by atoms with Crippen LogP contribution >= 0.6 is 0 Å². The van der Waals surface area contributed by atoms with Crippen molar-refractivity contribution >= 4 is 11.1 Å². The van der Waals surface area contributed by atoms with Crippen molar-refractivity contribution in [1.29, 1.82) is 0 Å².